The first-order valence-corrected chi connectivity index (χ1v) is 7.08. The number of likely N-dealkylation sites (tertiary alicyclic amines) is 1. The number of carbonyl (C=O) groups excluding carboxylic acids is 1. The molecule has 0 saturated carbocycles. The van der Waals surface area contributed by atoms with Gasteiger partial charge in [0.2, 0.25) is 5.91 Å². The third-order valence-corrected chi connectivity index (χ3v) is 4.20. The Kier molecular flexibility index (Phi) is 4.36. The lowest BCUT2D eigenvalue weighted by atomic mass is 10.1. The van der Waals surface area contributed by atoms with Gasteiger partial charge in [-0.3, -0.25) is 4.79 Å². The molecule has 1 saturated heterocycles. The number of hydrogen-bond donors (Lipinski definition) is 1. The van der Waals surface area contributed by atoms with Crippen LogP contribution >= 0.6 is 11.3 Å². The summed E-state index contributed by atoms with van der Waals surface area (Å²) in [6, 6.07) is 3.41. The summed E-state index contributed by atoms with van der Waals surface area (Å²) in [6.45, 7) is 1.34. The maximum atomic E-state index is 11.9. The maximum absolute atomic E-state index is 11.9. The maximum Gasteiger partial charge on any atom is 0.345 e. The normalized spacial score (nSPS) is 17.3. The highest BCUT2D eigenvalue weighted by atomic mass is 32.1. The number of hydrogen-bond acceptors (Lipinski definition) is 3. The smallest absolute Gasteiger partial charge is 0.345 e. The Morgan fingerprint density at radius 3 is 2.78 bits per heavy atom. The second-order valence-electron chi connectivity index (χ2n) is 4.55. The molecule has 98 valence electrons. The van der Waals surface area contributed by atoms with Crippen LogP contribution in [0, 0.1) is 0 Å². The number of nitrogens with zero attached hydrogens (tertiary/aromatic N) is 1. The van der Waals surface area contributed by atoms with Gasteiger partial charge in [0.25, 0.3) is 0 Å². The first kappa shape index (κ1) is 13.1. The summed E-state index contributed by atoms with van der Waals surface area (Å²) >= 11 is 1.26. The molecule has 1 aromatic heterocycles. The van der Waals surface area contributed by atoms with Gasteiger partial charge in [0, 0.05) is 17.8 Å². The van der Waals surface area contributed by atoms with Crippen molar-refractivity contribution in [3.8, 4) is 0 Å². The second-order valence-corrected chi connectivity index (χ2v) is 5.72. The van der Waals surface area contributed by atoms with Gasteiger partial charge < -0.3 is 10.0 Å². The van der Waals surface area contributed by atoms with Crippen LogP contribution in [0.3, 0.4) is 0 Å². The van der Waals surface area contributed by atoms with E-state index in [1.54, 1.807) is 12.1 Å². The lowest BCUT2D eigenvalue weighted by molar-refractivity contribution is -0.132. The molecule has 0 aliphatic carbocycles. The zero-order valence-corrected chi connectivity index (χ0v) is 11.0. The highest BCUT2D eigenvalue weighted by Crippen LogP contribution is 2.20. The van der Waals surface area contributed by atoms with Crippen molar-refractivity contribution in [2.75, 3.05) is 6.54 Å². The largest absolute Gasteiger partial charge is 0.477 e. The van der Waals surface area contributed by atoms with Crippen LogP contribution in [0.2, 0.25) is 0 Å². The number of carboxylic acid groups (broad SMARTS) is 1. The Morgan fingerprint density at radius 2 is 2.06 bits per heavy atom. The average molecular weight is 267 g/mol. The van der Waals surface area contributed by atoms with E-state index in [0.717, 1.165) is 30.7 Å². The molecule has 0 unspecified atom stereocenters. The van der Waals surface area contributed by atoms with E-state index in [4.69, 9.17) is 5.11 Å². The van der Waals surface area contributed by atoms with Crippen LogP contribution in [0.5, 0.6) is 0 Å². The molecular formula is C13H17NO3S. The van der Waals surface area contributed by atoms with Crippen LogP contribution in [-0.4, -0.2) is 28.4 Å². The van der Waals surface area contributed by atoms with Crippen LogP contribution in [0.25, 0.3) is 0 Å². The van der Waals surface area contributed by atoms with Gasteiger partial charge in [-0.05, 0) is 25.0 Å². The van der Waals surface area contributed by atoms with Gasteiger partial charge in [-0.25, -0.2) is 4.79 Å². The van der Waals surface area contributed by atoms with E-state index in [2.05, 4.69) is 0 Å². The van der Waals surface area contributed by atoms with E-state index < -0.39 is 5.97 Å². The molecule has 5 heteroatoms. The number of carboxylic acids is 1. The van der Waals surface area contributed by atoms with Crippen LogP contribution in [0.1, 0.15) is 46.7 Å². The van der Waals surface area contributed by atoms with Gasteiger partial charge in [0.15, 0.2) is 0 Å². The molecule has 1 amide bonds. The summed E-state index contributed by atoms with van der Waals surface area (Å²) in [4.78, 5) is 25.9. The zero-order valence-electron chi connectivity index (χ0n) is 10.2. The molecule has 1 aliphatic heterocycles. The van der Waals surface area contributed by atoms with Crippen molar-refractivity contribution >= 4 is 23.2 Å². The summed E-state index contributed by atoms with van der Waals surface area (Å²) in [5.41, 5.74) is 0. The van der Waals surface area contributed by atoms with Crippen molar-refractivity contribution in [2.45, 2.75) is 38.6 Å². The summed E-state index contributed by atoms with van der Waals surface area (Å²) in [5, 5.41) is 8.87. The molecule has 0 atom stereocenters. The monoisotopic (exact) mass is 267 g/mol. The quantitative estimate of drug-likeness (QED) is 0.916. The van der Waals surface area contributed by atoms with Gasteiger partial charge in [-0.2, -0.15) is 0 Å². The van der Waals surface area contributed by atoms with Crippen molar-refractivity contribution < 1.29 is 14.7 Å². The highest BCUT2D eigenvalue weighted by molar-refractivity contribution is 7.13. The van der Waals surface area contributed by atoms with Gasteiger partial charge in [-0.15, -0.1) is 11.3 Å². The van der Waals surface area contributed by atoms with Gasteiger partial charge in [0.1, 0.15) is 4.88 Å². The topological polar surface area (TPSA) is 57.6 Å². The van der Waals surface area contributed by atoms with E-state index >= 15 is 0 Å². The number of rotatable bonds is 3. The van der Waals surface area contributed by atoms with Crippen molar-refractivity contribution in [1.29, 1.82) is 0 Å². The lowest BCUT2D eigenvalue weighted by Gasteiger charge is -2.24. The van der Waals surface area contributed by atoms with Crippen LogP contribution < -0.4 is 0 Å². The predicted octanol–water partition coefficient (Wildman–Crippen LogP) is 2.74. The van der Waals surface area contributed by atoms with E-state index in [0.29, 0.717) is 17.8 Å². The van der Waals surface area contributed by atoms with E-state index in [1.807, 2.05) is 4.90 Å². The molecule has 1 aromatic rings. The fraction of sp³-hybridized carbons (Fsp3) is 0.538. The SMILES string of the molecule is O=C(O)c1ccc(CN2CCCCCCC2=O)s1. The first-order chi connectivity index (χ1) is 8.66. The van der Waals surface area contributed by atoms with Crippen molar-refractivity contribution in [1.82, 2.24) is 4.90 Å². The van der Waals surface area contributed by atoms with Crippen molar-refractivity contribution in [3.05, 3.63) is 21.9 Å². The lowest BCUT2D eigenvalue weighted by Crippen LogP contribution is -2.32. The van der Waals surface area contributed by atoms with E-state index in [9.17, 15) is 9.59 Å². The Bertz CT molecular complexity index is 441. The molecule has 2 rings (SSSR count). The van der Waals surface area contributed by atoms with Gasteiger partial charge >= 0.3 is 5.97 Å². The third-order valence-electron chi connectivity index (χ3n) is 3.14. The molecule has 1 aliphatic rings. The number of carbonyl (C=O) groups is 2. The molecule has 1 N–H and O–H groups in total. The standard InChI is InChI=1S/C13H17NO3S/c15-12-5-3-1-2-4-8-14(12)9-10-6-7-11(18-10)13(16)17/h6-7H,1-5,8-9H2,(H,16,17). The van der Waals surface area contributed by atoms with Gasteiger partial charge in [-0.1, -0.05) is 12.8 Å². The first-order valence-electron chi connectivity index (χ1n) is 6.26. The molecular weight excluding hydrogens is 250 g/mol. The van der Waals surface area contributed by atoms with Crippen molar-refractivity contribution in [3.63, 3.8) is 0 Å². The Balaban J connectivity index is 2.01. The number of amides is 1. The summed E-state index contributed by atoms with van der Waals surface area (Å²) in [6.07, 6.45) is 4.95. The predicted molar refractivity (Wildman–Crippen MR) is 69.8 cm³/mol. The van der Waals surface area contributed by atoms with Crippen LogP contribution in [0.4, 0.5) is 0 Å². The van der Waals surface area contributed by atoms with Crippen LogP contribution in [-0.2, 0) is 11.3 Å². The Labute approximate surface area is 110 Å². The van der Waals surface area contributed by atoms with Crippen molar-refractivity contribution in [2.24, 2.45) is 0 Å². The summed E-state index contributed by atoms with van der Waals surface area (Å²) in [7, 11) is 0. The minimum atomic E-state index is -0.898. The Hall–Kier alpha value is -1.36. The fourth-order valence-electron chi connectivity index (χ4n) is 2.15. The van der Waals surface area contributed by atoms with Gasteiger partial charge in [0.05, 0.1) is 6.54 Å². The Morgan fingerprint density at radius 1 is 1.28 bits per heavy atom. The van der Waals surface area contributed by atoms with E-state index in [1.165, 1.54) is 17.8 Å². The minimum absolute atomic E-state index is 0.194. The molecule has 0 aromatic carbocycles. The number of aromatic carboxylic acids is 1. The molecule has 0 spiro atoms. The summed E-state index contributed by atoms with van der Waals surface area (Å²) < 4.78 is 0. The fourth-order valence-corrected chi connectivity index (χ4v) is 3.01. The second kappa shape index (κ2) is 6.00. The molecule has 0 bridgehead atoms. The highest BCUT2D eigenvalue weighted by Gasteiger charge is 2.17. The molecule has 4 nitrogen and oxygen atoms in total. The average Bonchev–Trinajstić information content (AvgIpc) is 2.77. The van der Waals surface area contributed by atoms with Crippen LogP contribution in [0.15, 0.2) is 12.1 Å². The third kappa shape index (κ3) is 3.32. The molecule has 18 heavy (non-hydrogen) atoms. The minimum Gasteiger partial charge on any atom is -0.477 e. The zero-order chi connectivity index (χ0) is 13.0. The summed E-state index contributed by atoms with van der Waals surface area (Å²) in [5.74, 6) is -0.704. The molecule has 1 fully saturated rings. The van der Waals surface area contributed by atoms with E-state index in [-0.39, 0.29) is 5.91 Å². The molecule has 2 heterocycles. The number of thiophene rings is 1. The molecule has 0 radical (unpaired) electrons.